The van der Waals surface area contributed by atoms with Crippen molar-refractivity contribution in [1.29, 1.82) is 0 Å². The van der Waals surface area contributed by atoms with Crippen molar-refractivity contribution in [2.45, 2.75) is 12.8 Å². The minimum absolute atomic E-state index is 0.202. The predicted molar refractivity (Wildman–Crippen MR) is 86.0 cm³/mol. The average molecular weight is 326 g/mol. The summed E-state index contributed by atoms with van der Waals surface area (Å²) in [6, 6.07) is 7.18. The number of anilines is 1. The Bertz CT molecular complexity index is 627. The lowest BCUT2D eigenvalue weighted by atomic mass is 10.2. The molecule has 2 aromatic rings. The molecule has 0 atom stereocenters. The highest BCUT2D eigenvalue weighted by Crippen LogP contribution is 2.28. The third kappa shape index (κ3) is 3.68. The van der Waals surface area contributed by atoms with Crippen LogP contribution in [0.3, 0.4) is 0 Å². The van der Waals surface area contributed by atoms with Gasteiger partial charge < -0.3 is 14.8 Å². The van der Waals surface area contributed by atoms with Gasteiger partial charge in [-0.2, -0.15) is 0 Å². The molecule has 0 fully saturated rings. The van der Waals surface area contributed by atoms with E-state index >= 15 is 0 Å². The van der Waals surface area contributed by atoms with E-state index in [1.54, 1.807) is 19.2 Å². The zero-order valence-electron chi connectivity index (χ0n) is 11.8. The molecule has 112 valence electrons. The van der Waals surface area contributed by atoms with Crippen LogP contribution in [0.5, 0.6) is 11.5 Å². The van der Waals surface area contributed by atoms with Crippen LogP contribution in [0.15, 0.2) is 29.6 Å². The van der Waals surface area contributed by atoms with Crippen LogP contribution in [0.2, 0.25) is 0 Å². The molecule has 1 N–H and O–H groups in total. The smallest absolute Gasteiger partial charge is 0.269 e. The zero-order valence-corrected chi connectivity index (χ0v) is 13.4. The number of methoxy groups -OCH3 is 1. The van der Waals surface area contributed by atoms with Crippen LogP contribution in [-0.4, -0.2) is 19.6 Å². The van der Waals surface area contributed by atoms with Crippen LogP contribution < -0.4 is 14.8 Å². The molecule has 0 unspecified atom stereocenters. The van der Waals surface area contributed by atoms with E-state index in [1.165, 1.54) is 11.3 Å². The van der Waals surface area contributed by atoms with Crippen LogP contribution >= 0.6 is 22.9 Å². The van der Waals surface area contributed by atoms with Crippen molar-refractivity contribution in [3.8, 4) is 11.5 Å². The molecular weight excluding hydrogens is 310 g/mol. The number of thiophene rings is 1. The van der Waals surface area contributed by atoms with Gasteiger partial charge in [0.1, 0.15) is 16.4 Å². The number of alkyl halides is 1. The number of hydrogen-bond acceptors (Lipinski definition) is 4. The van der Waals surface area contributed by atoms with E-state index in [2.05, 4.69) is 5.32 Å². The maximum absolute atomic E-state index is 12.2. The Kier molecular flexibility index (Phi) is 5.47. The Morgan fingerprint density at radius 2 is 2.14 bits per heavy atom. The maximum Gasteiger partial charge on any atom is 0.269 e. The molecule has 0 bridgehead atoms. The molecule has 2 rings (SSSR count). The highest BCUT2D eigenvalue weighted by molar-refractivity contribution is 7.12. The first kappa shape index (κ1) is 15.7. The molecule has 0 aliphatic carbocycles. The first-order chi connectivity index (χ1) is 10.2. The molecule has 0 radical (unpaired) electrons. The number of rotatable bonds is 6. The topological polar surface area (TPSA) is 47.6 Å². The molecule has 0 saturated heterocycles. The van der Waals surface area contributed by atoms with E-state index in [0.29, 0.717) is 28.8 Å². The van der Waals surface area contributed by atoms with E-state index in [0.717, 1.165) is 11.3 Å². The molecule has 21 heavy (non-hydrogen) atoms. The van der Waals surface area contributed by atoms with Crippen LogP contribution in [0.1, 0.15) is 22.2 Å². The van der Waals surface area contributed by atoms with E-state index < -0.39 is 0 Å². The van der Waals surface area contributed by atoms with Crippen LogP contribution in [-0.2, 0) is 5.88 Å². The summed E-state index contributed by atoms with van der Waals surface area (Å²) in [6.45, 7) is 2.48. The normalized spacial score (nSPS) is 10.2. The summed E-state index contributed by atoms with van der Waals surface area (Å²) in [5.74, 6) is 1.42. The summed E-state index contributed by atoms with van der Waals surface area (Å²) in [6.07, 6.45) is 0. The minimum atomic E-state index is -0.202. The lowest BCUT2D eigenvalue weighted by Gasteiger charge is -2.11. The molecule has 0 spiro atoms. The number of amides is 1. The largest absolute Gasteiger partial charge is 0.495 e. The summed E-state index contributed by atoms with van der Waals surface area (Å²) in [5, 5.41) is 4.66. The maximum atomic E-state index is 12.2. The van der Waals surface area contributed by atoms with Crippen LogP contribution in [0.25, 0.3) is 0 Å². The Morgan fingerprint density at radius 1 is 1.33 bits per heavy atom. The molecule has 1 aromatic carbocycles. The van der Waals surface area contributed by atoms with Gasteiger partial charge in [0.2, 0.25) is 0 Å². The second-order valence-electron chi connectivity index (χ2n) is 4.16. The third-order valence-corrected chi connectivity index (χ3v) is 4.00. The van der Waals surface area contributed by atoms with Crippen molar-refractivity contribution in [1.82, 2.24) is 0 Å². The third-order valence-electron chi connectivity index (χ3n) is 2.82. The van der Waals surface area contributed by atoms with Crippen molar-refractivity contribution in [2.24, 2.45) is 0 Å². The van der Waals surface area contributed by atoms with Gasteiger partial charge in [-0.3, -0.25) is 4.79 Å². The quantitative estimate of drug-likeness (QED) is 0.812. The highest BCUT2D eigenvalue weighted by atomic mass is 35.5. The lowest BCUT2D eigenvalue weighted by Crippen LogP contribution is -2.11. The Labute approximate surface area is 132 Å². The minimum Gasteiger partial charge on any atom is -0.495 e. The van der Waals surface area contributed by atoms with Crippen LogP contribution in [0, 0.1) is 0 Å². The van der Waals surface area contributed by atoms with Crippen molar-refractivity contribution in [3.05, 3.63) is 40.1 Å². The number of ether oxygens (including phenoxy) is 2. The first-order valence-electron chi connectivity index (χ1n) is 6.44. The molecule has 1 amide bonds. The SMILES string of the molecule is CCOc1ccc(NC(=O)c2sccc2OC)cc1CCl. The Hall–Kier alpha value is -1.72. The summed E-state index contributed by atoms with van der Waals surface area (Å²) >= 11 is 7.25. The molecule has 4 nitrogen and oxygen atoms in total. The van der Waals surface area contributed by atoms with Gasteiger partial charge in [-0.05, 0) is 36.6 Å². The summed E-state index contributed by atoms with van der Waals surface area (Å²) in [7, 11) is 1.54. The van der Waals surface area contributed by atoms with E-state index in [-0.39, 0.29) is 5.91 Å². The number of carbonyl (C=O) groups is 1. The van der Waals surface area contributed by atoms with E-state index in [9.17, 15) is 4.79 Å². The van der Waals surface area contributed by atoms with Gasteiger partial charge >= 0.3 is 0 Å². The fraction of sp³-hybridized carbons (Fsp3) is 0.267. The summed E-state index contributed by atoms with van der Waals surface area (Å²) in [5.41, 5.74) is 1.52. The number of halogens is 1. The summed E-state index contributed by atoms with van der Waals surface area (Å²) in [4.78, 5) is 12.8. The van der Waals surface area contributed by atoms with Crippen molar-refractivity contribution in [2.75, 3.05) is 19.0 Å². The van der Waals surface area contributed by atoms with Gasteiger partial charge in [0.15, 0.2) is 0 Å². The molecular formula is C15H16ClNO3S. The van der Waals surface area contributed by atoms with Gasteiger partial charge in [-0.25, -0.2) is 0 Å². The van der Waals surface area contributed by atoms with Crippen molar-refractivity contribution >= 4 is 34.5 Å². The number of carbonyl (C=O) groups excluding carboxylic acids is 1. The second kappa shape index (κ2) is 7.33. The molecule has 1 aromatic heterocycles. The van der Waals surface area contributed by atoms with Crippen LogP contribution in [0.4, 0.5) is 5.69 Å². The molecule has 1 heterocycles. The molecule has 0 aliphatic rings. The first-order valence-corrected chi connectivity index (χ1v) is 7.85. The van der Waals surface area contributed by atoms with Crippen molar-refractivity contribution in [3.63, 3.8) is 0 Å². The fourth-order valence-corrected chi connectivity index (χ4v) is 2.83. The standard InChI is InChI=1S/C15H16ClNO3S/c1-3-20-12-5-4-11(8-10(12)9-16)17-15(18)14-13(19-2)6-7-21-14/h4-8H,3,9H2,1-2H3,(H,17,18). The number of benzene rings is 1. The van der Waals surface area contributed by atoms with E-state index in [4.69, 9.17) is 21.1 Å². The molecule has 6 heteroatoms. The average Bonchev–Trinajstić information content (AvgIpc) is 2.97. The molecule has 0 aliphatic heterocycles. The van der Waals surface area contributed by atoms with Gasteiger partial charge in [-0.1, -0.05) is 0 Å². The van der Waals surface area contributed by atoms with Gasteiger partial charge in [0.25, 0.3) is 5.91 Å². The fourth-order valence-electron chi connectivity index (χ4n) is 1.87. The lowest BCUT2D eigenvalue weighted by molar-refractivity contribution is 0.102. The van der Waals surface area contributed by atoms with Crippen molar-refractivity contribution < 1.29 is 14.3 Å². The highest BCUT2D eigenvalue weighted by Gasteiger charge is 2.14. The van der Waals surface area contributed by atoms with Gasteiger partial charge in [-0.15, -0.1) is 22.9 Å². The predicted octanol–water partition coefficient (Wildman–Crippen LogP) is 4.15. The van der Waals surface area contributed by atoms with E-state index in [1.807, 2.05) is 24.4 Å². The Morgan fingerprint density at radius 3 is 2.81 bits per heavy atom. The number of nitrogens with one attached hydrogen (secondary N) is 1. The zero-order chi connectivity index (χ0) is 15.2. The Balaban J connectivity index is 2.18. The monoisotopic (exact) mass is 325 g/mol. The van der Waals surface area contributed by atoms with Gasteiger partial charge in [0.05, 0.1) is 19.6 Å². The summed E-state index contributed by atoms with van der Waals surface area (Å²) < 4.78 is 10.6. The number of hydrogen-bond donors (Lipinski definition) is 1. The second-order valence-corrected chi connectivity index (χ2v) is 5.34. The molecule has 0 saturated carbocycles. The van der Waals surface area contributed by atoms with Gasteiger partial charge in [0, 0.05) is 11.3 Å².